The molecule has 0 fully saturated rings. The van der Waals surface area contributed by atoms with E-state index in [0.29, 0.717) is 29.3 Å². The van der Waals surface area contributed by atoms with Crippen LogP contribution in [0.1, 0.15) is 38.1 Å². The molecule has 3 amide bonds. The van der Waals surface area contributed by atoms with Crippen molar-refractivity contribution in [2.24, 2.45) is 11.8 Å². The first kappa shape index (κ1) is 24.7. The van der Waals surface area contributed by atoms with E-state index in [9.17, 15) is 14.4 Å². The Morgan fingerprint density at radius 3 is 2.09 bits per heavy atom. The number of carbonyl (C=O) groups excluding carboxylic acids is 3. The van der Waals surface area contributed by atoms with Crippen molar-refractivity contribution in [2.75, 3.05) is 24.4 Å². The minimum absolute atomic E-state index is 0.149. The summed E-state index contributed by atoms with van der Waals surface area (Å²) < 4.78 is 10.2. The molecular weight excluding hydrogens is 410 g/mol. The number of methoxy groups -OCH3 is 1. The van der Waals surface area contributed by atoms with Crippen molar-refractivity contribution in [3.05, 3.63) is 54.1 Å². The molecule has 3 N–H and O–H groups in total. The van der Waals surface area contributed by atoms with Crippen LogP contribution in [0.25, 0.3) is 0 Å². The van der Waals surface area contributed by atoms with Gasteiger partial charge in [-0.25, -0.2) is 4.79 Å². The molecule has 2 aromatic rings. The quantitative estimate of drug-likeness (QED) is 0.538. The zero-order valence-electron chi connectivity index (χ0n) is 19.1. The maximum atomic E-state index is 12.9. The fourth-order valence-corrected chi connectivity index (χ4v) is 2.79. The molecular formula is C24H31N3O5. The smallest absolute Gasteiger partial charge is 0.411 e. The standard InChI is InChI=1S/C24H31N3O5/c1-15(2)14-32-24(30)26-19-8-6-7-18(13-19)25-23(29)21(16(3)4)27-22(28)17-9-11-20(31-5)12-10-17/h6-13,15-16,21H,14H2,1-5H3,(H,25,29)(H,26,30)(H,27,28). The van der Waals surface area contributed by atoms with Crippen molar-refractivity contribution in [1.82, 2.24) is 5.32 Å². The van der Waals surface area contributed by atoms with E-state index in [-0.39, 0.29) is 23.7 Å². The van der Waals surface area contributed by atoms with E-state index >= 15 is 0 Å². The minimum Gasteiger partial charge on any atom is -0.497 e. The van der Waals surface area contributed by atoms with Crippen LogP contribution >= 0.6 is 0 Å². The Bertz CT molecular complexity index is 925. The minimum atomic E-state index is -0.753. The Morgan fingerprint density at radius 1 is 0.906 bits per heavy atom. The van der Waals surface area contributed by atoms with E-state index < -0.39 is 12.1 Å². The predicted molar refractivity (Wildman–Crippen MR) is 124 cm³/mol. The molecule has 0 aromatic heterocycles. The van der Waals surface area contributed by atoms with E-state index in [4.69, 9.17) is 9.47 Å². The molecule has 2 aromatic carbocycles. The van der Waals surface area contributed by atoms with Crippen LogP contribution < -0.4 is 20.7 Å². The molecule has 0 aliphatic heterocycles. The highest BCUT2D eigenvalue weighted by Crippen LogP contribution is 2.17. The summed E-state index contributed by atoms with van der Waals surface area (Å²) in [4.78, 5) is 37.4. The second kappa shape index (κ2) is 11.7. The lowest BCUT2D eigenvalue weighted by Gasteiger charge is -2.22. The number of amides is 3. The van der Waals surface area contributed by atoms with Gasteiger partial charge in [-0.1, -0.05) is 33.8 Å². The molecule has 1 atom stereocenters. The van der Waals surface area contributed by atoms with Gasteiger partial charge in [-0.05, 0) is 54.3 Å². The van der Waals surface area contributed by atoms with Crippen molar-refractivity contribution in [3.63, 3.8) is 0 Å². The summed E-state index contributed by atoms with van der Waals surface area (Å²) in [5.41, 5.74) is 1.40. The maximum Gasteiger partial charge on any atom is 0.411 e. The second-order valence-corrected chi connectivity index (χ2v) is 8.11. The highest BCUT2D eigenvalue weighted by Gasteiger charge is 2.25. The lowest BCUT2D eigenvalue weighted by Crippen LogP contribution is -2.47. The third kappa shape index (κ3) is 7.61. The molecule has 0 aliphatic rings. The van der Waals surface area contributed by atoms with Crippen molar-refractivity contribution in [1.29, 1.82) is 0 Å². The number of nitrogens with one attached hydrogen (secondary N) is 3. The van der Waals surface area contributed by atoms with Crippen molar-refractivity contribution < 1.29 is 23.9 Å². The predicted octanol–water partition coefficient (Wildman–Crippen LogP) is 4.29. The summed E-state index contributed by atoms with van der Waals surface area (Å²) in [6.07, 6.45) is -0.561. The molecule has 1 unspecified atom stereocenters. The molecule has 0 spiro atoms. The van der Waals surface area contributed by atoms with Gasteiger partial charge >= 0.3 is 6.09 Å². The van der Waals surface area contributed by atoms with E-state index in [0.717, 1.165) is 0 Å². The van der Waals surface area contributed by atoms with Gasteiger partial charge in [0.25, 0.3) is 5.91 Å². The van der Waals surface area contributed by atoms with Crippen LogP contribution in [0.3, 0.4) is 0 Å². The molecule has 2 rings (SSSR count). The zero-order valence-corrected chi connectivity index (χ0v) is 19.1. The Kier molecular flexibility index (Phi) is 9.07. The third-order valence-electron chi connectivity index (χ3n) is 4.51. The van der Waals surface area contributed by atoms with Gasteiger partial charge in [0.05, 0.1) is 13.7 Å². The first-order chi connectivity index (χ1) is 15.2. The van der Waals surface area contributed by atoms with E-state index in [2.05, 4.69) is 16.0 Å². The summed E-state index contributed by atoms with van der Waals surface area (Å²) in [5.74, 6) is 0.00415. The van der Waals surface area contributed by atoms with E-state index in [1.54, 1.807) is 55.6 Å². The van der Waals surface area contributed by atoms with Crippen LogP contribution in [0.5, 0.6) is 5.75 Å². The lowest BCUT2D eigenvalue weighted by atomic mass is 10.0. The van der Waals surface area contributed by atoms with E-state index in [1.807, 2.05) is 27.7 Å². The van der Waals surface area contributed by atoms with Gasteiger partial charge in [0.2, 0.25) is 5.91 Å². The van der Waals surface area contributed by atoms with Crippen molar-refractivity contribution in [2.45, 2.75) is 33.7 Å². The lowest BCUT2D eigenvalue weighted by molar-refractivity contribution is -0.118. The molecule has 0 saturated heterocycles. The van der Waals surface area contributed by atoms with Crippen molar-refractivity contribution in [3.8, 4) is 5.75 Å². The summed E-state index contributed by atoms with van der Waals surface area (Å²) in [6, 6.07) is 12.6. The highest BCUT2D eigenvalue weighted by atomic mass is 16.5. The molecule has 0 radical (unpaired) electrons. The molecule has 0 bridgehead atoms. The van der Waals surface area contributed by atoms with E-state index in [1.165, 1.54) is 0 Å². The average molecular weight is 442 g/mol. The van der Waals surface area contributed by atoms with Crippen LogP contribution in [0, 0.1) is 11.8 Å². The van der Waals surface area contributed by atoms with Gasteiger partial charge in [-0.3, -0.25) is 14.9 Å². The monoisotopic (exact) mass is 441 g/mol. The van der Waals surface area contributed by atoms with Crippen LogP contribution in [0.2, 0.25) is 0 Å². The summed E-state index contributed by atoms with van der Waals surface area (Å²) in [7, 11) is 1.55. The molecule has 32 heavy (non-hydrogen) atoms. The number of carbonyl (C=O) groups is 3. The fourth-order valence-electron chi connectivity index (χ4n) is 2.79. The van der Waals surface area contributed by atoms with Crippen molar-refractivity contribution >= 4 is 29.3 Å². The Balaban J connectivity index is 2.02. The number of anilines is 2. The number of rotatable bonds is 9. The largest absolute Gasteiger partial charge is 0.497 e. The fraction of sp³-hybridized carbons (Fsp3) is 0.375. The number of hydrogen-bond donors (Lipinski definition) is 3. The Hall–Kier alpha value is -3.55. The first-order valence-corrected chi connectivity index (χ1v) is 10.5. The number of ether oxygens (including phenoxy) is 2. The number of hydrogen-bond acceptors (Lipinski definition) is 5. The van der Waals surface area contributed by atoms with Gasteiger partial charge in [-0.15, -0.1) is 0 Å². The van der Waals surface area contributed by atoms with Gasteiger partial charge in [0.15, 0.2) is 0 Å². The van der Waals surface area contributed by atoms with Gasteiger partial charge < -0.3 is 20.1 Å². The Labute approximate surface area is 188 Å². The van der Waals surface area contributed by atoms with Crippen LogP contribution in [0.4, 0.5) is 16.2 Å². The summed E-state index contributed by atoms with van der Waals surface area (Å²) >= 11 is 0. The first-order valence-electron chi connectivity index (χ1n) is 10.5. The highest BCUT2D eigenvalue weighted by molar-refractivity contribution is 6.01. The normalized spacial score (nSPS) is 11.6. The maximum absolute atomic E-state index is 12.9. The SMILES string of the molecule is COc1ccc(C(=O)NC(C(=O)Nc2cccc(NC(=O)OCC(C)C)c2)C(C)C)cc1. The average Bonchev–Trinajstić information content (AvgIpc) is 2.75. The van der Waals surface area contributed by atoms with Gasteiger partial charge in [0.1, 0.15) is 11.8 Å². The van der Waals surface area contributed by atoms with Gasteiger partial charge in [-0.2, -0.15) is 0 Å². The van der Waals surface area contributed by atoms with Crippen LogP contribution in [0.15, 0.2) is 48.5 Å². The molecule has 0 heterocycles. The molecule has 0 aliphatic carbocycles. The molecule has 8 heteroatoms. The van der Waals surface area contributed by atoms with Gasteiger partial charge in [0, 0.05) is 16.9 Å². The topological polar surface area (TPSA) is 106 Å². The third-order valence-corrected chi connectivity index (χ3v) is 4.51. The molecule has 8 nitrogen and oxygen atoms in total. The van der Waals surface area contributed by atoms with Crippen LogP contribution in [-0.2, 0) is 9.53 Å². The summed E-state index contributed by atoms with van der Waals surface area (Å²) in [5, 5.41) is 8.21. The second-order valence-electron chi connectivity index (χ2n) is 8.11. The molecule has 172 valence electrons. The number of benzene rings is 2. The van der Waals surface area contributed by atoms with Crippen LogP contribution in [-0.4, -0.2) is 37.7 Å². The Morgan fingerprint density at radius 2 is 1.53 bits per heavy atom. The molecule has 0 saturated carbocycles. The zero-order chi connectivity index (χ0) is 23.7. The summed E-state index contributed by atoms with van der Waals surface area (Å²) in [6.45, 7) is 7.90.